The number of carbonyl (C=O) groups excluding carboxylic acids is 1. The van der Waals surface area contributed by atoms with Gasteiger partial charge in [0.05, 0.1) is 17.5 Å². The van der Waals surface area contributed by atoms with Gasteiger partial charge in [-0.3, -0.25) is 4.79 Å². The minimum Gasteiger partial charge on any atom is -0.316 e. The zero-order valence-corrected chi connectivity index (χ0v) is 13.2. The van der Waals surface area contributed by atoms with E-state index in [-0.39, 0.29) is 5.56 Å². The van der Waals surface area contributed by atoms with E-state index in [1.807, 2.05) is 35.0 Å². The first-order chi connectivity index (χ1) is 11.6. The standard InChI is InChI=1S/C18H13ClFN3O/c19-13-7-9-14(10-8-13)23-11-3-4-15(23)12-21-22-18(24)16-5-1-2-6-17(16)20/h1-12H,(H,22,24)/b21-12-. The molecule has 0 saturated heterocycles. The Balaban J connectivity index is 1.74. The summed E-state index contributed by atoms with van der Waals surface area (Å²) in [4.78, 5) is 11.9. The van der Waals surface area contributed by atoms with Crippen LogP contribution >= 0.6 is 11.6 Å². The number of nitrogens with one attached hydrogen (secondary N) is 1. The minimum absolute atomic E-state index is 0.0530. The quantitative estimate of drug-likeness (QED) is 0.565. The van der Waals surface area contributed by atoms with E-state index >= 15 is 0 Å². The molecule has 6 heteroatoms. The number of hydrazone groups is 1. The van der Waals surface area contributed by atoms with Crippen LogP contribution in [0.5, 0.6) is 0 Å². The minimum atomic E-state index is -0.603. The lowest BCUT2D eigenvalue weighted by Gasteiger charge is -2.06. The van der Waals surface area contributed by atoms with Crippen molar-refractivity contribution in [3.63, 3.8) is 0 Å². The van der Waals surface area contributed by atoms with Gasteiger partial charge in [-0.25, -0.2) is 9.82 Å². The van der Waals surface area contributed by atoms with Crippen molar-refractivity contribution in [2.24, 2.45) is 5.10 Å². The first-order valence-corrected chi connectivity index (χ1v) is 7.54. The van der Waals surface area contributed by atoms with Gasteiger partial charge in [0.15, 0.2) is 0 Å². The zero-order valence-electron chi connectivity index (χ0n) is 12.5. The molecule has 0 spiro atoms. The summed E-state index contributed by atoms with van der Waals surface area (Å²) in [6.07, 6.45) is 3.36. The Hall–Kier alpha value is -2.92. The lowest BCUT2D eigenvalue weighted by atomic mass is 10.2. The summed E-state index contributed by atoms with van der Waals surface area (Å²) < 4.78 is 15.4. The van der Waals surface area contributed by atoms with Gasteiger partial charge in [-0.2, -0.15) is 5.10 Å². The van der Waals surface area contributed by atoms with Gasteiger partial charge in [-0.15, -0.1) is 0 Å². The highest BCUT2D eigenvalue weighted by atomic mass is 35.5. The van der Waals surface area contributed by atoms with E-state index in [2.05, 4.69) is 10.5 Å². The molecule has 3 rings (SSSR count). The topological polar surface area (TPSA) is 46.4 Å². The Morgan fingerprint density at radius 2 is 1.83 bits per heavy atom. The van der Waals surface area contributed by atoms with Gasteiger partial charge < -0.3 is 4.57 Å². The second kappa shape index (κ2) is 7.10. The first-order valence-electron chi connectivity index (χ1n) is 7.16. The molecule has 3 aromatic rings. The van der Waals surface area contributed by atoms with Crippen molar-refractivity contribution in [2.75, 3.05) is 0 Å². The van der Waals surface area contributed by atoms with Crippen LogP contribution in [0.15, 0.2) is 72.0 Å². The molecule has 0 aliphatic rings. The van der Waals surface area contributed by atoms with Crippen LogP contribution in [0.25, 0.3) is 5.69 Å². The molecule has 0 unspecified atom stereocenters. The first kappa shape index (κ1) is 16.0. The summed E-state index contributed by atoms with van der Waals surface area (Å²) in [5.41, 5.74) is 3.93. The molecule has 1 aromatic heterocycles. The molecule has 24 heavy (non-hydrogen) atoms. The van der Waals surface area contributed by atoms with Crippen LogP contribution in [0, 0.1) is 5.82 Å². The fourth-order valence-electron chi connectivity index (χ4n) is 2.20. The lowest BCUT2D eigenvalue weighted by molar-refractivity contribution is 0.0951. The number of hydrogen-bond acceptors (Lipinski definition) is 2. The summed E-state index contributed by atoms with van der Waals surface area (Å²) in [7, 11) is 0. The van der Waals surface area contributed by atoms with E-state index in [0.29, 0.717) is 5.02 Å². The van der Waals surface area contributed by atoms with Crippen molar-refractivity contribution in [1.82, 2.24) is 9.99 Å². The van der Waals surface area contributed by atoms with Crippen LogP contribution in [-0.4, -0.2) is 16.7 Å². The van der Waals surface area contributed by atoms with Gasteiger partial charge in [0.1, 0.15) is 5.82 Å². The maximum atomic E-state index is 13.5. The fraction of sp³-hybridized carbons (Fsp3) is 0. The molecule has 2 aromatic carbocycles. The molecule has 4 nitrogen and oxygen atoms in total. The van der Waals surface area contributed by atoms with Gasteiger partial charge in [0.25, 0.3) is 5.91 Å². The van der Waals surface area contributed by atoms with Gasteiger partial charge >= 0.3 is 0 Å². The summed E-state index contributed by atoms with van der Waals surface area (Å²) in [6.45, 7) is 0. The van der Waals surface area contributed by atoms with Crippen molar-refractivity contribution >= 4 is 23.7 Å². The normalized spacial score (nSPS) is 10.9. The number of halogens is 2. The number of amides is 1. The van der Waals surface area contributed by atoms with Crippen molar-refractivity contribution < 1.29 is 9.18 Å². The van der Waals surface area contributed by atoms with E-state index in [4.69, 9.17) is 11.6 Å². The van der Waals surface area contributed by atoms with Crippen LogP contribution in [0.2, 0.25) is 5.02 Å². The van der Waals surface area contributed by atoms with Crippen molar-refractivity contribution in [3.8, 4) is 5.69 Å². The maximum absolute atomic E-state index is 13.5. The Morgan fingerprint density at radius 1 is 1.08 bits per heavy atom. The summed E-state index contributed by atoms with van der Waals surface area (Å²) >= 11 is 5.89. The number of rotatable bonds is 4. The Morgan fingerprint density at radius 3 is 2.58 bits per heavy atom. The molecule has 0 aliphatic heterocycles. The predicted octanol–water partition coefficient (Wildman–Crippen LogP) is 4.03. The third-order valence-corrected chi connectivity index (χ3v) is 3.62. The molecular formula is C18H13ClFN3O. The third kappa shape index (κ3) is 3.52. The van der Waals surface area contributed by atoms with Crippen molar-refractivity contribution in [2.45, 2.75) is 0 Å². The Kier molecular flexibility index (Phi) is 4.72. The van der Waals surface area contributed by atoms with Gasteiger partial charge in [-0.1, -0.05) is 23.7 Å². The maximum Gasteiger partial charge on any atom is 0.274 e. The highest BCUT2D eigenvalue weighted by Gasteiger charge is 2.09. The second-order valence-corrected chi connectivity index (χ2v) is 5.39. The monoisotopic (exact) mass is 341 g/mol. The molecule has 0 atom stereocenters. The number of carbonyl (C=O) groups is 1. The molecule has 1 N–H and O–H groups in total. The SMILES string of the molecule is O=C(N/N=C\c1cccn1-c1ccc(Cl)cc1)c1ccccc1F. The zero-order chi connectivity index (χ0) is 16.9. The third-order valence-electron chi connectivity index (χ3n) is 3.37. The smallest absolute Gasteiger partial charge is 0.274 e. The summed E-state index contributed by atoms with van der Waals surface area (Å²) in [5, 5.41) is 4.55. The van der Waals surface area contributed by atoms with Crippen LogP contribution < -0.4 is 5.43 Å². The number of benzene rings is 2. The number of aromatic nitrogens is 1. The van der Waals surface area contributed by atoms with Crippen LogP contribution in [0.1, 0.15) is 16.1 Å². The van der Waals surface area contributed by atoms with Crippen LogP contribution in [-0.2, 0) is 0 Å². The molecule has 0 fully saturated rings. The molecule has 0 aliphatic carbocycles. The summed E-state index contributed by atoms with van der Waals surface area (Å²) in [5.74, 6) is -1.19. The van der Waals surface area contributed by atoms with E-state index < -0.39 is 11.7 Å². The average Bonchev–Trinajstić information content (AvgIpc) is 3.04. The van der Waals surface area contributed by atoms with Crippen LogP contribution in [0.4, 0.5) is 4.39 Å². The highest BCUT2D eigenvalue weighted by Crippen LogP contribution is 2.15. The molecule has 0 bridgehead atoms. The highest BCUT2D eigenvalue weighted by molar-refractivity contribution is 6.30. The van der Waals surface area contributed by atoms with Gasteiger partial charge in [-0.05, 0) is 48.5 Å². The van der Waals surface area contributed by atoms with Crippen molar-refractivity contribution in [1.29, 1.82) is 0 Å². The molecule has 1 amide bonds. The van der Waals surface area contributed by atoms with E-state index in [9.17, 15) is 9.18 Å². The van der Waals surface area contributed by atoms with E-state index in [0.717, 1.165) is 11.4 Å². The molecule has 120 valence electrons. The van der Waals surface area contributed by atoms with E-state index in [1.165, 1.54) is 24.4 Å². The largest absolute Gasteiger partial charge is 0.316 e. The van der Waals surface area contributed by atoms with Crippen LogP contribution in [0.3, 0.4) is 0 Å². The fourth-order valence-corrected chi connectivity index (χ4v) is 2.32. The summed E-state index contributed by atoms with van der Waals surface area (Å²) in [6, 6.07) is 16.8. The second-order valence-electron chi connectivity index (χ2n) is 4.96. The Labute approximate surface area is 143 Å². The lowest BCUT2D eigenvalue weighted by Crippen LogP contribution is -2.19. The predicted molar refractivity (Wildman–Crippen MR) is 92.2 cm³/mol. The molecule has 1 heterocycles. The number of nitrogens with zero attached hydrogens (tertiary/aromatic N) is 2. The van der Waals surface area contributed by atoms with E-state index in [1.54, 1.807) is 18.2 Å². The number of hydrogen-bond donors (Lipinski definition) is 1. The van der Waals surface area contributed by atoms with Crippen molar-refractivity contribution in [3.05, 3.63) is 89.0 Å². The molecule has 0 saturated carbocycles. The molecular weight excluding hydrogens is 329 g/mol. The Bertz CT molecular complexity index is 887. The average molecular weight is 342 g/mol. The van der Waals surface area contributed by atoms with Gasteiger partial charge in [0, 0.05) is 16.9 Å². The molecule has 0 radical (unpaired) electrons. The van der Waals surface area contributed by atoms with Gasteiger partial charge in [0.2, 0.25) is 0 Å².